The number of alkyl halides is 1. The Kier molecular flexibility index (Phi) is 2.93. The Balaban J connectivity index is 2.44. The summed E-state index contributed by atoms with van der Waals surface area (Å²) in [5.41, 5.74) is 1.81. The molecule has 0 aliphatic carbocycles. The number of hydrogen-bond donors (Lipinski definition) is 0. The summed E-state index contributed by atoms with van der Waals surface area (Å²) in [5.74, 6) is 1.09. The average Bonchev–Trinajstić information content (AvgIpc) is 2.66. The van der Waals surface area contributed by atoms with Gasteiger partial charge in [-0.15, -0.1) is 11.6 Å². The van der Waals surface area contributed by atoms with Crippen LogP contribution in [0.4, 0.5) is 0 Å². The van der Waals surface area contributed by atoms with Gasteiger partial charge in [0.05, 0.1) is 16.5 Å². The average molecular weight is 243 g/mol. The molecule has 0 fully saturated rings. The summed E-state index contributed by atoms with van der Waals surface area (Å²) in [6.45, 7) is 1.97. The van der Waals surface area contributed by atoms with Gasteiger partial charge < -0.3 is 4.52 Å². The summed E-state index contributed by atoms with van der Waals surface area (Å²) in [6.07, 6.45) is 0. The fourth-order valence-electron chi connectivity index (χ4n) is 1.21. The molecule has 0 aliphatic heterocycles. The molecule has 2 rings (SSSR count). The molecule has 0 bridgehead atoms. The van der Waals surface area contributed by atoms with Gasteiger partial charge in [-0.1, -0.05) is 22.8 Å². The van der Waals surface area contributed by atoms with Crippen molar-refractivity contribution in [2.24, 2.45) is 0 Å². The van der Waals surface area contributed by atoms with Gasteiger partial charge in [0.15, 0.2) is 5.82 Å². The zero-order chi connectivity index (χ0) is 10.8. The quantitative estimate of drug-likeness (QED) is 0.758. The summed E-state index contributed by atoms with van der Waals surface area (Å²) in [6, 6.07) is 5.64. The van der Waals surface area contributed by atoms with Crippen molar-refractivity contribution >= 4 is 23.2 Å². The highest BCUT2D eigenvalue weighted by Gasteiger charge is 2.11. The van der Waals surface area contributed by atoms with Gasteiger partial charge in [0.2, 0.25) is 0 Å². The fraction of sp³-hybridized carbons (Fsp3) is 0.200. The van der Waals surface area contributed by atoms with E-state index >= 15 is 0 Å². The molecule has 0 atom stereocenters. The van der Waals surface area contributed by atoms with E-state index in [1.165, 1.54) is 0 Å². The normalized spacial score (nSPS) is 10.6. The third-order valence-electron chi connectivity index (χ3n) is 1.94. The monoisotopic (exact) mass is 242 g/mol. The van der Waals surface area contributed by atoms with Gasteiger partial charge in [0, 0.05) is 0 Å². The van der Waals surface area contributed by atoms with Crippen molar-refractivity contribution in [1.82, 2.24) is 10.1 Å². The number of benzene rings is 1. The van der Waals surface area contributed by atoms with E-state index in [0.717, 1.165) is 11.1 Å². The Hall–Kier alpha value is -1.06. The van der Waals surface area contributed by atoms with Gasteiger partial charge in [0.1, 0.15) is 0 Å². The van der Waals surface area contributed by atoms with Crippen LogP contribution in [0.1, 0.15) is 11.4 Å². The first-order chi connectivity index (χ1) is 7.20. The summed E-state index contributed by atoms with van der Waals surface area (Å²) < 4.78 is 5.03. The third-order valence-corrected chi connectivity index (χ3v) is 2.49. The van der Waals surface area contributed by atoms with E-state index in [1.807, 2.05) is 25.1 Å². The van der Waals surface area contributed by atoms with Crippen LogP contribution in [0.3, 0.4) is 0 Å². The molecule has 0 aliphatic rings. The molecule has 1 heterocycles. The van der Waals surface area contributed by atoms with Crippen LogP contribution in [-0.2, 0) is 5.88 Å². The Morgan fingerprint density at radius 2 is 2.20 bits per heavy atom. The van der Waals surface area contributed by atoms with Gasteiger partial charge >= 0.3 is 0 Å². The van der Waals surface area contributed by atoms with Crippen molar-refractivity contribution in [2.75, 3.05) is 0 Å². The molecule has 0 spiro atoms. The van der Waals surface area contributed by atoms with Crippen molar-refractivity contribution in [1.29, 1.82) is 0 Å². The summed E-state index contributed by atoms with van der Waals surface area (Å²) in [5, 5.41) is 4.29. The molecular weight excluding hydrogens is 235 g/mol. The van der Waals surface area contributed by atoms with E-state index in [9.17, 15) is 0 Å². The zero-order valence-electron chi connectivity index (χ0n) is 8.00. The Labute approximate surface area is 97.0 Å². The number of aromatic nitrogens is 2. The van der Waals surface area contributed by atoms with E-state index in [2.05, 4.69) is 10.1 Å². The molecule has 0 saturated carbocycles. The van der Waals surface area contributed by atoms with E-state index in [-0.39, 0.29) is 5.88 Å². The number of rotatable bonds is 2. The van der Waals surface area contributed by atoms with Gasteiger partial charge in [-0.25, -0.2) is 0 Å². The summed E-state index contributed by atoms with van der Waals surface area (Å²) >= 11 is 11.6. The lowest BCUT2D eigenvalue weighted by molar-refractivity contribution is 0.425. The zero-order valence-corrected chi connectivity index (χ0v) is 9.51. The van der Waals surface area contributed by atoms with Crippen LogP contribution in [0.2, 0.25) is 5.02 Å². The molecule has 0 amide bonds. The Bertz CT molecular complexity index is 482. The molecule has 5 heteroatoms. The molecule has 0 N–H and O–H groups in total. The molecule has 15 heavy (non-hydrogen) atoms. The van der Waals surface area contributed by atoms with Gasteiger partial charge in [-0.3, -0.25) is 0 Å². The maximum atomic E-state index is 6.06. The Morgan fingerprint density at radius 3 is 2.80 bits per heavy atom. The van der Waals surface area contributed by atoms with Crippen molar-refractivity contribution in [3.63, 3.8) is 0 Å². The van der Waals surface area contributed by atoms with E-state index in [4.69, 9.17) is 27.7 Å². The number of nitrogens with zero attached hydrogens (tertiary/aromatic N) is 2. The Morgan fingerprint density at radius 1 is 1.40 bits per heavy atom. The highest BCUT2D eigenvalue weighted by atomic mass is 35.5. The van der Waals surface area contributed by atoms with Crippen LogP contribution >= 0.6 is 23.2 Å². The van der Waals surface area contributed by atoms with Gasteiger partial charge in [-0.2, -0.15) is 4.98 Å². The molecule has 0 saturated heterocycles. The predicted molar refractivity (Wildman–Crippen MR) is 59.0 cm³/mol. The third kappa shape index (κ3) is 2.13. The maximum Gasteiger partial charge on any atom is 0.259 e. The summed E-state index contributed by atoms with van der Waals surface area (Å²) in [4.78, 5) is 4.10. The largest absolute Gasteiger partial charge is 0.334 e. The predicted octanol–water partition coefficient (Wildman–Crippen LogP) is 3.44. The number of aryl methyl sites for hydroxylation is 1. The number of hydrogen-bond acceptors (Lipinski definition) is 3. The van der Waals surface area contributed by atoms with E-state index in [0.29, 0.717) is 16.7 Å². The minimum absolute atomic E-state index is 0.229. The second-order valence-electron chi connectivity index (χ2n) is 3.13. The highest BCUT2D eigenvalue weighted by molar-refractivity contribution is 6.33. The van der Waals surface area contributed by atoms with Crippen molar-refractivity contribution in [3.8, 4) is 11.5 Å². The van der Waals surface area contributed by atoms with Gasteiger partial charge in [0.25, 0.3) is 5.89 Å². The first-order valence-electron chi connectivity index (χ1n) is 4.36. The second-order valence-corrected chi connectivity index (χ2v) is 3.81. The van der Waals surface area contributed by atoms with Crippen LogP contribution < -0.4 is 0 Å². The lowest BCUT2D eigenvalue weighted by atomic mass is 10.1. The maximum absolute atomic E-state index is 6.06. The smallest absolute Gasteiger partial charge is 0.259 e. The second kappa shape index (κ2) is 4.21. The molecule has 78 valence electrons. The van der Waals surface area contributed by atoms with E-state index < -0.39 is 0 Å². The minimum atomic E-state index is 0.229. The highest BCUT2D eigenvalue weighted by Crippen LogP contribution is 2.27. The van der Waals surface area contributed by atoms with Gasteiger partial charge in [-0.05, 0) is 24.6 Å². The molecule has 1 aromatic carbocycles. The van der Waals surface area contributed by atoms with Crippen molar-refractivity contribution in [2.45, 2.75) is 12.8 Å². The van der Waals surface area contributed by atoms with Crippen LogP contribution in [0.5, 0.6) is 0 Å². The SMILES string of the molecule is Cc1ccc(-c2nc(CCl)no2)c(Cl)c1. The standard InChI is InChI=1S/C10H8Cl2N2O/c1-6-2-3-7(8(12)4-6)10-13-9(5-11)14-15-10/h2-4H,5H2,1H3. The number of halogens is 2. The first kappa shape index (κ1) is 10.5. The molecule has 0 unspecified atom stereocenters. The summed E-state index contributed by atoms with van der Waals surface area (Å²) in [7, 11) is 0. The van der Waals surface area contributed by atoms with Crippen molar-refractivity contribution < 1.29 is 4.52 Å². The molecular formula is C10H8Cl2N2O. The molecule has 0 radical (unpaired) electrons. The van der Waals surface area contributed by atoms with E-state index in [1.54, 1.807) is 0 Å². The first-order valence-corrected chi connectivity index (χ1v) is 5.27. The fourth-order valence-corrected chi connectivity index (χ4v) is 1.64. The molecule has 1 aromatic heterocycles. The molecule has 2 aromatic rings. The van der Waals surface area contributed by atoms with Crippen LogP contribution in [0.25, 0.3) is 11.5 Å². The lowest BCUT2D eigenvalue weighted by Gasteiger charge is -1.99. The lowest BCUT2D eigenvalue weighted by Crippen LogP contribution is -1.83. The van der Waals surface area contributed by atoms with Crippen LogP contribution in [-0.4, -0.2) is 10.1 Å². The van der Waals surface area contributed by atoms with Crippen LogP contribution in [0.15, 0.2) is 22.7 Å². The van der Waals surface area contributed by atoms with Crippen LogP contribution in [0, 0.1) is 6.92 Å². The molecule has 3 nitrogen and oxygen atoms in total. The van der Waals surface area contributed by atoms with Crippen molar-refractivity contribution in [3.05, 3.63) is 34.6 Å². The topological polar surface area (TPSA) is 38.9 Å². The minimum Gasteiger partial charge on any atom is -0.334 e.